The molecule has 0 spiro atoms. The molecule has 2 aliphatic heterocycles. The van der Waals surface area contributed by atoms with Gasteiger partial charge in [-0.2, -0.15) is 4.72 Å². The highest BCUT2D eigenvalue weighted by Gasteiger charge is 2.42. The van der Waals surface area contributed by atoms with Crippen molar-refractivity contribution in [3.63, 3.8) is 0 Å². The van der Waals surface area contributed by atoms with Gasteiger partial charge in [-0.1, -0.05) is 30.3 Å². The molecular formula is C24H28N4O5S. The maximum Gasteiger partial charge on any atom is 0.324 e. The molecule has 2 heterocycles. The molecule has 5 rings (SSSR count). The van der Waals surface area contributed by atoms with Gasteiger partial charge in [-0.3, -0.25) is 10.1 Å². The summed E-state index contributed by atoms with van der Waals surface area (Å²) in [6.07, 6.45) is 4.43. The molecule has 0 unspecified atom stereocenters. The van der Waals surface area contributed by atoms with Crippen LogP contribution in [0.2, 0.25) is 0 Å². The molecule has 3 aliphatic rings. The molecule has 1 saturated carbocycles. The van der Waals surface area contributed by atoms with Crippen molar-refractivity contribution in [3.05, 3.63) is 59.7 Å². The van der Waals surface area contributed by atoms with Crippen LogP contribution in [0.3, 0.4) is 0 Å². The second-order valence-corrected chi connectivity index (χ2v) is 10.9. The topological polar surface area (TPSA) is 117 Å². The molecule has 0 bridgehead atoms. The van der Waals surface area contributed by atoms with Gasteiger partial charge in [0.05, 0.1) is 16.5 Å². The summed E-state index contributed by atoms with van der Waals surface area (Å²) in [5.74, 6) is 0.262. The summed E-state index contributed by atoms with van der Waals surface area (Å²) in [7, 11) is -3.79. The van der Waals surface area contributed by atoms with E-state index in [4.69, 9.17) is 4.74 Å². The van der Waals surface area contributed by atoms with E-state index in [1.807, 2.05) is 24.3 Å². The Bertz CT molecular complexity index is 1190. The van der Waals surface area contributed by atoms with Crippen LogP contribution >= 0.6 is 0 Å². The van der Waals surface area contributed by atoms with Crippen molar-refractivity contribution in [2.24, 2.45) is 0 Å². The number of imide groups is 1. The molecule has 1 aliphatic carbocycles. The Balaban J connectivity index is 1.30. The van der Waals surface area contributed by atoms with E-state index in [1.165, 1.54) is 4.90 Å². The summed E-state index contributed by atoms with van der Waals surface area (Å²) in [6, 6.07) is 13.7. The zero-order valence-electron chi connectivity index (χ0n) is 18.7. The molecule has 0 aromatic heterocycles. The zero-order valence-corrected chi connectivity index (χ0v) is 19.6. The van der Waals surface area contributed by atoms with Gasteiger partial charge in [0.1, 0.15) is 12.3 Å². The highest BCUT2D eigenvalue weighted by atomic mass is 32.2. The van der Waals surface area contributed by atoms with Gasteiger partial charge < -0.3 is 15.0 Å². The van der Waals surface area contributed by atoms with Crippen LogP contribution in [0.4, 0.5) is 4.79 Å². The summed E-state index contributed by atoms with van der Waals surface area (Å²) in [5, 5.41) is 5.43. The number of carbonyl (C=O) groups excluding carboxylic acids is 2. The van der Waals surface area contributed by atoms with Crippen molar-refractivity contribution in [1.82, 2.24) is 20.3 Å². The van der Waals surface area contributed by atoms with Crippen molar-refractivity contribution in [2.75, 3.05) is 19.6 Å². The SMILES string of the molecule is O=C1CN(Cc2ccc(C3(NS(=O)(=O)c4cccc(OC5CCCC5)c4)CNC3)cc2)C(=O)N1. The van der Waals surface area contributed by atoms with E-state index in [0.29, 0.717) is 25.4 Å². The van der Waals surface area contributed by atoms with Gasteiger partial charge in [0.15, 0.2) is 0 Å². The van der Waals surface area contributed by atoms with Crippen LogP contribution in [0.25, 0.3) is 0 Å². The molecule has 9 nitrogen and oxygen atoms in total. The predicted octanol–water partition coefficient (Wildman–Crippen LogP) is 1.84. The lowest BCUT2D eigenvalue weighted by Crippen LogP contribution is -2.66. The molecular weight excluding hydrogens is 456 g/mol. The number of carbonyl (C=O) groups is 2. The summed E-state index contributed by atoms with van der Waals surface area (Å²) in [4.78, 5) is 24.8. The molecule has 34 heavy (non-hydrogen) atoms. The first-order valence-electron chi connectivity index (χ1n) is 11.5. The fraction of sp³-hybridized carbons (Fsp3) is 0.417. The first-order valence-corrected chi connectivity index (χ1v) is 13.0. The van der Waals surface area contributed by atoms with Crippen LogP contribution in [0.15, 0.2) is 53.4 Å². The van der Waals surface area contributed by atoms with Gasteiger partial charge in [-0.15, -0.1) is 0 Å². The Morgan fingerprint density at radius 1 is 1.06 bits per heavy atom. The monoisotopic (exact) mass is 484 g/mol. The lowest BCUT2D eigenvalue weighted by molar-refractivity contribution is -0.118. The number of hydrogen-bond donors (Lipinski definition) is 3. The zero-order chi connectivity index (χ0) is 23.8. The van der Waals surface area contributed by atoms with Gasteiger partial charge in [-0.25, -0.2) is 13.2 Å². The maximum atomic E-state index is 13.3. The number of hydrogen-bond acceptors (Lipinski definition) is 6. The number of amides is 3. The van der Waals surface area contributed by atoms with Gasteiger partial charge in [0.25, 0.3) is 0 Å². The second-order valence-electron chi connectivity index (χ2n) is 9.20. The first kappa shape index (κ1) is 22.8. The molecule has 2 aromatic rings. The van der Waals surface area contributed by atoms with Gasteiger partial charge in [0, 0.05) is 25.7 Å². The number of urea groups is 1. The van der Waals surface area contributed by atoms with E-state index >= 15 is 0 Å². The largest absolute Gasteiger partial charge is 0.490 e. The Labute approximate surface area is 198 Å². The van der Waals surface area contributed by atoms with Gasteiger partial charge in [0.2, 0.25) is 15.9 Å². The number of nitrogens with zero attached hydrogens (tertiary/aromatic N) is 1. The maximum absolute atomic E-state index is 13.3. The lowest BCUT2D eigenvalue weighted by Gasteiger charge is -2.43. The van der Waals surface area contributed by atoms with Crippen molar-refractivity contribution in [1.29, 1.82) is 0 Å². The number of nitrogens with one attached hydrogen (secondary N) is 3. The Kier molecular flexibility index (Phi) is 6.05. The number of sulfonamides is 1. The number of ether oxygens (including phenoxy) is 1. The minimum Gasteiger partial charge on any atom is -0.490 e. The third-order valence-corrected chi connectivity index (χ3v) is 8.19. The van der Waals surface area contributed by atoms with Crippen molar-refractivity contribution >= 4 is 22.0 Å². The van der Waals surface area contributed by atoms with E-state index < -0.39 is 21.6 Å². The molecule has 0 radical (unpaired) electrons. The van der Waals surface area contributed by atoms with Crippen LogP contribution in [-0.4, -0.2) is 51.0 Å². The molecule has 2 aromatic carbocycles. The van der Waals surface area contributed by atoms with Crippen LogP contribution in [0, 0.1) is 0 Å². The van der Waals surface area contributed by atoms with E-state index in [9.17, 15) is 18.0 Å². The van der Waals surface area contributed by atoms with Gasteiger partial charge in [-0.05, 0) is 48.9 Å². The molecule has 0 atom stereocenters. The fourth-order valence-corrected chi connectivity index (χ4v) is 6.12. The van der Waals surface area contributed by atoms with Crippen LogP contribution < -0.4 is 20.1 Å². The minimum atomic E-state index is -3.79. The fourth-order valence-electron chi connectivity index (χ4n) is 4.70. The van der Waals surface area contributed by atoms with E-state index in [1.54, 1.807) is 24.3 Å². The smallest absolute Gasteiger partial charge is 0.324 e. The summed E-state index contributed by atoms with van der Waals surface area (Å²) < 4.78 is 35.5. The molecule has 180 valence electrons. The van der Waals surface area contributed by atoms with Crippen molar-refractivity contribution in [3.8, 4) is 5.75 Å². The normalized spacial score (nSPS) is 20.3. The van der Waals surface area contributed by atoms with E-state index in [-0.39, 0.29) is 23.5 Å². The number of rotatable bonds is 8. The Hall–Kier alpha value is -2.95. The molecule has 3 amide bonds. The van der Waals surface area contributed by atoms with E-state index in [0.717, 1.165) is 36.8 Å². The van der Waals surface area contributed by atoms with Crippen molar-refractivity contribution < 1.29 is 22.7 Å². The molecule has 10 heteroatoms. The molecule has 3 fully saturated rings. The third kappa shape index (κ3) is 4.66. The quantitative estimate of drug-likeness (QED) is 0.493. The first-order chi connectivity index (χ1) is 16.3. The summed E-state index contributed by atoms with van der Waals surface area (Å²) >= 11 is 0. The summed E-state index contributed by atoms with van der Waals surface area (Å²) in [6.45, 7) is 1.28. The minimum absolute atomic E-state index is 0.0395. The highest BCUT2D eigenvalue weighted by Crippen LogP contribution is 2.30. The Morgan fingerprint density at radius 3 is 2.41 bits per heavy atom. The third-order valence-electron chi connectivity index (χ3n) is 6.65. The standard InChI is InChI=1S/C24H28N4O5S/c29-22-14-28(23(30)26-22)13-17-8-10-18(11-9-17)24(15-25-16-24)27-34(31,32)21-7-3-6-20(12-21)33-19-4-1-2-5-19/h3,6-12,19,25,27H,1-2,4-5,13-16H2,(H,26,29,30). The number of benzene rings is 2. The van der Waals surface area contributed by atoms with Crippen LogP contribution in [-0.2, 0) is 26.9 Å². The Morgan fingerprint density at radius 2 is 1.79 bits per heavy atom. The molecule has 3 N–H and O–H groups in total. The van der Waals surface area contributed by atoms with Crippen LogP contribution in [0.1, 0.15) is 36.8 Å². The predicted molar refractivity (Wildman–Crippen MR) is 125 cm³/mol. The van der Waals surface area contributed by atoms with E-state index in [2.05, 4.69) is 15.4 Å². The average Bonchev–Trinajstić information content (AvgIpc) is 3.40. The van der Waals surface area contributed by atoms with Crippen molar-refractivity contribution in [2.45, 2.75) is 48.8 Å². The van der Waals surface area contributed by atoms with Crippen LogP contribution in [0.5, 0.6) is 5.75 Å². The second kappa shape index (κ2) is 9.01. The highest BCUT2D eigenvalue weighted by molar-refractivity contribution is 7.89. The summed E-state index contributed by atoms with van der Waals surface area (Å²) in [5.41, 5.74) is 0.926. The lowest BCUT2D eigenvalue weighted by atomic mass is 9.85. The van der Waals surface area contributed by atoms with Gasteiger partial charge >= 0.3 is 6.03 Å². The molecule has 2 saturated heterocycles. The average molecular weight is 485 g/mol.